The van der Waals surface area contributed by atoms with Gasteiger partial charge in [0.05, 0.1) is 6.54 Å². The van der Waals surface area contributed by atoms with Crippen molar-refractivity contribution in [2.24, 2.45) is 0 Å². The van der Waals surface area contributed by atoms with E-state index in [1.165, 1.54) is 27.7 Å². The Morgan fingerprint density at radius 1 is 0.900 bits per heavy atom. The molecule has 5 atom stereocenters. The van der Waals surface area contributed by atoms with Crippen molar-refractivity contribution < 1.29 is 48.6 Å². The highest BCUT2D eigenvalue weighted by Crippen LogP contribution is 2.28. The summed E-state index contributed by atoms with van der Waals surface area (Å²) in [7, 11) is 0. The molecule has 0 bridgehead atoms. The Morgan fingerprint density at radius 2 is 1.53 bits per heavy atom. The number of carbonyl (C=O) groups excluding carboxylic acids is 4. The Balaban J connectivity index is 3.13. The average Bonchev–Trinajstić information content (AvgIpc) is 2.63. The maximum Gasteiger partial charge on any atom is 0.303 e. The molecule has 1 saturated heterocycles. The van der Waals surface area contributed by atoms with Crippen LogP contribution in [0.25, 0.3) is 0 Å². The van der Waals surface area contributed by atoms with Gasteiger partial charge in [-0.05, 0) is 19.3 Å². The summed E-state index contributed by atoms with van der Waals surface area (Å²) in [5, 5.41) is 2.65. The van der Waals surface area contributed by atoms with Crippen LogP contribution in [0.4, 0.5) is 0 Å². The SMILES string of the molecule is CC(=O)NC1C(OCCCCC[NH3+])OC(COC(C)=O)C(OC(C)=O)C1OC(C)=O. The lowest BCUT2D eigenvalue weighted by Crippen LogP contribution is -2.66. The van der Waals surface area contributed by atoms with Crippen LogP contribution in [0.2, 0.25) is 0 Å². The first-order valence-electron chi connectivity index (χ1n) is 9.96. The van der Waals surface area contributed by atoms with E-state index in [2.05, 4.69) is 11.1 Å². The van der Waals surface area contributed by atoms with Gasteiger partial charge in [-0.2, -0.15) is 0 Å². The topological polar surface area (TPSA) is 154 Å². The molecular formula is C19H33N2O9+. The second kappa shape index (κ2) is 13.1. The summed E-state index contributed by atoms with van der Waals surface area (Å²) < 4.78 is 27.4. The number of carbonyl (C=O) groups is 4. The highest BCUT2D eigenvalue weighted by Gasteiger charge is 2.51. The maximum absolute atomic E-state index is 11.8. The number of esters is 3. The second-order valence-electron chi connectivity index (χ2n) is 7.00. The van der Waals surface area contributed by atoms with Crippen molar-refractivity contribution >= 4 is 23.8 Å². The van der Waals surface area contributed by atoms with E-state index in [9.17, 15) is 19.2 Å². The van der Waals surface area contributed by atoms with Gasteiger partial charge in [0.1, 0.15) is 18.8 Å². The van der Waals surface area contributed by atoms with E-state index < -0.39 is 54.5 Å². The summed E-state index contributed by atoms with van der Waals surface area (Å²) in [6, 6.07) is -0.933. The Bertz CT molecular complexity index is 599. The van der Waals surface area contributed by atoms with Gasteiger partial charge in [-0.1, -0.05) is 0 Å². The van der Waals surface area contributed by atoms with E-state index >= 15 is 0 Å². The van der Waals surface area contributed by atoms with Gasteiger partial charge < -0.3 is 34.7 Å². The summed E-state index contributed by atoms with van der Waals surface area (Å²) in [5.41, 5.74) is 3.79. The number of hydrogen-bond acceptors (Lipinski definition) is 9. The number of unbranched alkanes of at least 4 members (excludes halogenated alkanes) is 2. The Kier molecular flexibility index (Phi) is 11.3. The fourth-order valence-corrected chi connectivity index (χ4v) is 3.09. The average molecular weight is 433 g/mol. The van der Waals surface area contributed by atoms with Gasteiger partial charge in [0.15, 0.2) is 18.5 Å². The van der Waals surface area contributed by atoms with E-state index in [4.69, 9.17) is 23.7 Å². The zero-order valence-electron chi connectivity index (χ0n) is 18.0. The summed E-state index contributed by atoms with van der Waals surface area (Å²) in [6.45, 7) is 5.79. The van der Waals surface area contributed by atoms with Gasteiger partial charge in [0.25, 0.3) is 0 Å². The summed E-state index contributed by atoms with van der Waals surface area (Å²) in [5.74, 6) is -2.26. The van der Waals surface area contributed by atoms with Crippen molar-refractivity contribution in [2.75, 3.05) is 19.8 Å². The molecular weight excluding hydrogens is 400 g/mol. The van der Waals surface area contributed by atoms with Crippen molar-refractivity contribution in [1.82, 2.24) is 5.32 Å². The van der Waals surface area contributed by atoms with E-state index in [1.54, 1.807) is 0 Å². The summed E-state index contributed by atoms with van der Waals surface area (Å²) >= 11 is 0. The van der Waals surface area contributed by atoms with Crippen LogP contribution in [-0.2, 0) is 42.9 Å². The molecule has 1 amide bonds. The molecule has 5 unspecified atom stereocenters. The first kappa shape index (κ1) is 25.8. The quantitative estimate of drug-likeness (QED) is 0.239. The molecule has 11 nitrogen and oxygen atoms in total. The molecule has 0 aromatic heterocycles. The number of hydrogen-bond donors (Lipinski definition) is 2. The molecule has 1 heterocycles. The van der Waals surface area contributed by atoms with Gasteiger partial charge in [0, 0.05) is 34.3 Å². The zero-order chi connectivity index (χ0) is 22.7. The minimum Gasteiger partial charge on any atom is -0.463 e. The lowest BCUT2D eigenvalue weighted by molar-refractivity contribution is -0.368. The predicted octanol–water partition coefficient (Wildman–Crippen LogP) is -0.929. The number of rotatable bonds is 11. The van der Waals surface area contributed by atoms with Crippen LogP contribution >= 0.6 is 0 Å². The minimum atomic E-state index is -1.12. The van der Waals surface area contributed by atoms with Gasteiger partial charge in [-0.25, -0.2) is 0 Å². The van der Waals surface area contributed by atoms with Crippen molar-refractivity contribution in [3.63, 3.8) is 0 Å². The monoisotopic (exact) mass is 433 g/mol. The third-order valence-corrected chi connectivity index (χ3v) is 4.25. The standard InChI is InChI=1S/C19H32N2O9/c1-11(22)21-16-18(29-14(4)25)17(28-13(3)24)15(10-27-12(2)23)30-19(16)26-9-7-5-6-8-20/h15-19H,5-10,20H2,1-4H3,(H,21,22)/p+1. The van der Waals surface area contributed by atoms with E-state index in [0.717, 1.165) is 25.8 Å². The minimum absolute atomic E-state index is 0.251. The summed E-state index contributed by atoms with van der Waals surface area (Å²) in [6.07, 6.45) is -1.60. The zero-order valence-corrected chi connectivity index (χ0v) is 18.0. The summed E-state index contributed by atoms with van der Waals surface area (Å²) in [4.78, 5) is 46.5. The molecule has 0 aromatic rings. The highest BCUT2D eigenvalue weighted by atomic mass is 16.7. The molecule has 30 heavy (non-hydrogen) atoms. The number of nitrogens with one attached hydrogen (secondary N) is 1. The number of ether oxygens (including phenoxy) is 5. The molecule has 0 aromatic carbocycles. The van der Waals surface area contributed by atoms with Gasteiger partial charge in [-0.3, -0.25) is 19.2 Å². The third kappa shape index (κ3) is 9.06. The van der Waals surface area contributed by atoms with Crippen molar-refractivity contribution in [1.29, 1.82) is 0 Å². The molecule has 1 rings (SSSR count). The van der Waals surface area contributed by atoms with Crippen LogP contribution in [0.15, 0.2) is 0 Å². The number of amides is 1. The highest BCUT2D eigenvalue weighted by molar-refractivity contribution is 5.73. The Morgan fingerprint density at radius 3 is 2.07 bits per heavy atom. The Labute approximate surface area is 175 Å². The smallest absolute Gasteiger partial charge is 0.303 e. The van der Waals surface area contributed by atoms with E-state index in [1.807, 2.05) is 0 Å². The van der Waals surface area contributed by atoms with Crippen LogP contribution in [-0.4, -0.2) is 74.2 Å². The van der Waals surface area contributed by atoms with Crippen LogP contribution in [0.5, 0.6) is 0 Å². The van der Waals surface area contributed by atoms with Gasteiger partial charge in [0.2, 0.25) is 5.91 Å². The predicted molar refractivity (Wildman–Crippen MR) is 102 cm³/mol. The van der Waals surface area contributed by atoms with Crippen molar-refractivity contribution in [2.45, 2.75) is 77.6 Å². The van der Waals surface area contributed by atoms with E-state index in [-0.39, 0.29) is 6.61 Å². The number of quaternary nitrogens is 1. The molecule has 0 aliphatic carbocycles. The molecule has 0 radical (unpaired) electrons. The van der Waals surface area contributed by atoms with Gasteiger partial charge >= 0.3 is 17.9 Å². The molecule has 0 spiro atoms. The van der Waals surface area contributed by atoms with Crippen molar-refractivity contribution in [3.8, 4) is 0 Å². The lowest BCUT2D eigenvalue weighted by atomic mass is 9.96. The maximum atomic E-state index is 11.8. The molecule has 11 heteroatoms. The molecule has 172 valence electrons. The molecule has 1 fully saturated rings. The van der Waals surface area contributed by atoms with Crippen LogP contribution in [0, 0.1) is 0 Å². The normalized spacial score (nSPS) is 25.8. The van der Waals surface area contributed by atoms with Gasteiger partial charge in [-0.15, -0.1) is 0 Å². The van der Waals surface area contributed by atoms with Crippen LogP contribution < -0.4 is 11.1 Å². The first-order valence-corrected chi connectivity index (χ1v) is 9.96. The van der Waals surface area contributed by atoms with Crippen molar-refractivity contribution in [3.05, 3.63) is 0 Å². The fraction of sp³-hybridized carbons (Fsp3) is 0.789. The van der Waals surface area contributed by atoms with E-state index in [0.29, 0.717) is 6.61 Å². The third-order valence-electron chi connectivity index (χ3n) is 4.25. The second-order valence-corrected chi connectivity index (χ2v) is 7.00. The lowest BCUT2D eigenvalue weighted by Gasteiger charge is -2.44. The van der Waals surface area contributed by atoms with Crippen LogP contribution in [0.1, 0.15) is 47.0 Å². The largest absolute Gasteiger partial charge is 0.463 e. The molecule has 1 aliphatic heterocycles. The fourth-order valence-electron chi connectivity index (χ4n) is 3.09. The Hall–Kier alpha value is -2.24. The first-order chi connectivity index (χ1) is 14.1. The molecule has 0 saturated carbocycles. The molecule has 1 aliphatic rings. The molecule has 4 N–H and O–H groups in total. The van der Waals surface area contributed by atoms with Crippen LogP contribution in [0.3, 0.4) is 0 Å².